The van der Waals surface area contributed by atoms with E-state index in [0.717, 1.165) is 5.56 Å². The highest BCUT2D eigenvalue weighted by atomic mass is 16.5. The number of nitrogens with zero attached hydrogens (tertiary/aromatic N) is 2. The molecule has 21 heavy (non-hydrogen) atoms. The molecule has 2 heterocycles. The van der Waals surface area contributed by atoms with Crippen molar-refractivity contribution in [1.82, 2.24) is 9.88 Å². The van der Waals surface area contributed by atoms with Crippen LogP contribution in [0.1, 0.15) is 5.56 Å². The molecular weight excluding hydrogens is 270 g/mol. The Kier molecular flexibility index (Phi) is 4.37. The number of amides is 2. The van der Waals surface area contributed by atoms with E-state index in [0.29, 0.717) is 18.1 Å². The molecule has 2 rings (SSSR count). The fourth-order valence-electron chi connectivity index (χ4n) is 2.16. The zero-order valence-electron chi connectivity index (χ0n) is 12.0. The van der Waals surface area contributed by atoms with Crippen molar-refractivity contribution in [2.45, 2.75) is 13.0 Å². The van der Waals surface area contributed by atoms with Gasteiger partial charge in [-0.15, -0.1) is 0 Å². The molecule has 2 amide bonds. The van der Waals surface area contributed by atoms with Gasteiger partial charge in [0, 0.05) is 18.3 Å². The number of methoxy groups -OCH3 is 1. The van der Waals surface area contributed by atoms with Crippen molar-refractivity contribution in [3.8, 4) is 5.88 Å². The number of carbonyl (C=O) groups excluding carboxylic acids is 2. The molecule has 0 fully saturated rings. The van der Waals surface area contributed by atoms with Gasteiger partial charge in [0.1, 0.15) is 6.04 Å². The number of hydrogen-bond acceptors (Lipinski definition) is 4. The molecule has 0 unspecified atom stereocenters. The molecule has 6 nitrogen and oxygen atoms in total. The third-order valence-corrected chi connectivity index (χ3v) is 3.29. The maximum atomic E-state index is 12.3. The molecule has 0 saturated carbocycles. The van der Waals surface area contributed by atoms with Crippen LogP contribution in [-0.4, -0.2) is 41.4 Å². The summed E-state index contributed by atoms with van der Waals surface area (Å²) in [7, 11) is 1.52. The van der Waals surface area contributed by atoms with E-state index in [1.807, 2.05) is 0 Å². The highest BCUT2D eigenvalue weighted by Crippen LogP contribution is 2.23. The number of hydrogen-bond donors (Lipinski definition) is 1. The molecular formula is C15H17N3O3. The maximum absolute atomic E-state index is 12.3. The lowest BCUT2D eigenvalue weighted by Gasteiger charge is -2.22. The monoisotopic (exact) mass is 287 g/mol. The number of anilines is 1. The van der Waals surface area contributed by atoms with Crippen LogP contribution in [-0.2, 0) is 9.59 Å². The number of ether oxygens (including phenoxy) is 1. The maximum Gasteiger partial charge on any atom is 0.251 e. The third-order valence-electron chi connectivity index (χ3n) is 3.29. The summed E-state index contributed by atoms with van der Waals surface area (Å²) < 4.78 is 5.12. The lowest BCUT2D eigenvalue weighted by Crippen LogP contribution is -2.42. The summed E-state index contributed by atoms with van der Waals surface area (Å²) in [6.45, 7) is 5.65. The topological polar surface area (TPSA) is 71.5 Å². The zero-order chi connectivity index (χ0) is 15.4. The fraction of sp³-hybridized carbons (Fsp3) is 0.267. The first-order valence-electron chi connectivity index (χ1n) is 6.48. The standard InChI is InChI=1S/C15H17N3O3/c1-4-13(19)18-9-5-6-12(18)14(20)17-11-7-8-16-15(21-3)10(11)2/h4-8,12H,1,9H2,2-3H3,(H,16,17,20)/t12-/m0/s1. The summed E-state index contributed by atoms with van der Waals surface area (Å²) in [6.07, 6.45) is 6.24. The van der Waals surface area contributed by atoms with Crippen LogP contribution in [0.15, 0.2) is 37.1 Å². The number of pyridine rings is 1. The molecule has 1 aromatic heterocycles. The molecule has 0 spiro atoms. The zero-order valence-corrected chi connectivity index (χ0v) is 12.0. The Morgan fingerprint density at radius 1 is 1.57 bits per heavy atom. The summed E-state index contributed by atoms with van der Waals surface area (Å²) in [5.41, 5.74) is 1.34. The highest BCUT2D eigenvalue weighted by molar-refractivity contribution is 6.01. The van der Waals surface area contributed by atoms with Crippen molar-refractivity contribution >= 4 is 17.5 Å². The van der Waals surface area contributed by atoms with Gasteiger partial charge in [0.15, 0.2) is 0 Å². The molecule has 1 aliphatic rings. The van der Waals surface area contributed by atoms with Crippen molar-refractivity contribution in [3.63, 3.8) is 0 Å². The Balaban J connectivity index is 2.16. The third kappa shape index (κ3) is 2.94. The Hall–Kier alpha value is -2.63. The van der Waals surface area contributed by atoms with Crippen LogP contribution in [0.3, 0.4) is 0 Å². The second kappa shape index (κ2) is 6.21. The van der Waals surface area contributed by atoms with Crippen LogP contribution in [0, 0.1) is 6.92 Å². The van der Waals surface area contributed by atoms with Crippen LogP contribution in [0.25, 0.3) is 0 Å². The van der Waals surface area contributed by atoms with Crippen molar-refractivity contribution in [2.24, 2.45) is 0 Å². The van der Waals surface area contributed by atoms with E-state index < -0.39 is 6.04 Å². The first kappa shape index (κ1) is 14.8. The molecule has 0 saturated heterocycles. The van der Waals surface area contributed by atoms with E-state index in [9.17, 15) is 9.59 Å². The molecule has 6 heteroatoms. The minimum absolute atomic E-state index is 0.274. The lowest BCUT2D eigenvalue weighted by molar-refractivity contribution is -0.131. The molecule has 1 aromatic rings. The number of rotatable bonds is 4. The smallest absolute Gasteiger partial charge is 0.251 e. The van der Waals surface area contributed by atoms with E-state index in [4.69, 9.17) is 4.74 Å². The van der Waals surface area contributed by atoms with Crippen molar-refractivity contribution < 1.29 is 14.3 Å². The van der Waals surface area contributed by atoms with Crippen LogP contribution in [0.4, 0.5) is 5.69 Å². The Morgan fingerprint density at radius 2 is 2.33 bits per heavy atom. The summed E-state index contributed by atoms with van der Waals surface area (Å²) in [6, 6.07) is 1.06. The normalized spacial score (nSPS) is 16.7. The first-order chi connectivity index (χ1) is 10.1. The van der Waals surface area contributed by atoms with Crippen molar-refractivity contribution in [3.05, 3.63) is 42.6 Å². The molecule has 0 radical (unpaired) electrons. The molecule has 1 N–H and O–H groups in total. The quantitative estimate of drug-likeness (QED) is 0.669. The summed E-state index contributed by atoms with van der Waals surface area (Å²) in [5.74, 6) is -0.103. The van der Waals surface area contributed by atoms with Gasteiger partial charge in [-0.25, -0.2) is 4.98 Å². The second-order valence-corrected chi connectivity index (χ2v) is 4.55. The molecule has 0 bridgehead atoms. The molecule has 0 aliphatic carbocycles. The lowest BCUT2D eigenvalue weighted by atomic mass is 10.2. The number of nitrogens with one attached hydrogen (secondary N) is 1. The number of aromatic nitrogens is 1. The van der Waals surface area contributed by atoms with Gasteiger partial charge in [-0.3, -0.25) is 9.59 Å². The Labute approximate surface area is 123 Å². The first-order valence-corrected chi connectivity index (χ1v) is 6.48. The second-order valence-electron chi connectivity index (χ2n) is 4.55. The van der Waals surface area contributed by atoms with Crippen LogP contribution >= 0.6 is 0 Å². The van der Waals surface area contributed by atoms with E-state index in [2.05, 4.69) is 16.9 Å². The Bertz CT molecular complexity index is 610. The molecule has 110 valence electrons. The highest BCUT2D eigenvalue weighted by Gasteiger charge is 2.29. The predicted octanol–water partition coefficient (Wildman–Crippen LogP) is 1.29. The van der Waals surface area contributed by atoms with Crippen LogP contribution in [0.5, 0.6) is 5.88 Å². The van der Waals surface area contributed by atoms with Crippen LogP contribution < -0.4 is 10.1 Å². The van der Waals surface area contributed by atoms with Gasteiger partial charge in [-0.2, -0.15) is 0 Å². The summed E-state index contributed by atoms with van der Waals surface area (Å²) in [5, 5.41) is 2.80. The van der Waals surface area contributed by atoms with Gasteiger partial charge in [0.2, 0.25) is 11.8 Å². The number of carbonyl (C=O) groups is 2. The van der Waals surface area contributed by atoms with E-state index in [1.165, 1.54) is 18.1 Å². The van der Waals surface area contributed by atoms with Gasteiger partial charge in [-0.05, 0) is 19.1 Å². The average molecular weight is 287 g/mol. The van der Waals surface area contributed by atoms with Crippen LogP contribution in [0.2, 0.25) is 0 Å². The van der Waals surface area contributed by atoms with Crippen molar-refractivity contribution in [1.29, 1.82) is 0 Å². The van der Waals surface area contributed by atoms with E-state index >= 15 is 0 Å². The van der Waals surface area contributed by atoms with Crippen molar-refractivity contribution in [2.75, 3.05) is 19.0 Å². The summed E-state index contributed by atoms with van der Waals surface area (Å²) >= 11 is 0. The van der Waals surface area contributed by atoms with E-state index in [-0.39, 0.29) is 11.8 Å². The van der Waals surface area contributed by atoms with Gasteiger partial charge >= 0.3 is 0 Å². The molecule has 1 aliphatic heterocycles. The van der Waals surface area contributed by atoms with Gasteiger partial charge in [-0.1, -0.05) is 18.7 Å². The fourth-order valence-corrected chi connectivity index (χ4v) is 2.16. The van der Waals surface area contributed by atoms with E-state index in [1.54, 1.807) is 31.3 Å². The minimum atomic E-state index is -0.630. The summed E-state index contributed by atoms with van der Waals surface area (Å²) in [4.78, 5) is 29.5. The van der Waals surface area contributed by atoms with Gasteiger partial charge in [0.25, 0.3) is 5.91 Å². The van der Waals surface area contributed by atoms with Gasteiger partial charge < -0.3 is 15.0 Å². The SMILES string of the molecule is C=CC(=O)N1CC=C[C@H]1C(=O)Nc1ccnc(OC)c1C. The largest absolute Gasteiger partial charge is 0.481 e. The predicted molar refractivity (Wildman–Crippen MR) is 79.0 cm³/mol. The van der Waals surface area contributed by atoms with Gasteiger partial charge in [0.05, 0.1) is 12.8 Å². The molecule has 1 atom stereocenters. The Morgan fingerprint density at radius 3 is 3.00 bits per heavy atom. The average Bonchev–Trinajstić information content (AvgIpc) is 2.98. The molecule has 0 aromatic carbocycles. The minimum Gasteiger partial charge on any atom is -0.481 e.